The monoisotopic (exact) mass is 573 g/mol. The Bertz CT molecular complexity index is 957. The predicted molar refractivity (Wildman–Crippen MR) is 170 cm³/mol. The Labute approximate surface area is 250 Å². The second kappa shape index (κ2) is 16.3. The first-order valence-corrected chi connectivity index (χ1v) is 15.3. The molecule has 0 spiro atoms. The highest BCUT2D eigenvalue weighted by atomic mass is 16.2. The summed E-state index contributed by atoms with van der Waals surface area (Å²) in [6, 6.07) is 8.56. The summed E-state index contributed by atoms with van der Waals surface area (Å²) in [6.07, 6.45) is 2.04. The lowest BCUT2D eigenvalue weighted by Crippen LogP contribution is -2.62. The molecule has 41 heavy (non-hydrogen) atoms. The molecule has 0 aromatic heterocycles. The van der Waals surface area contributed by atoms with Crippen molar-refractivity contribution in [2.45, 2.75) is 98.7 Å². The summed E-state index contributed by atoms with van der Waals surface area (Å²) < 4.78 is 0. The summed E-state index contributed by atoms with van der Waals surface area (Å²) in [4.78, 5) is 46.4. The lowest BCUT2D eigenvalue weighted by molar-refractivity contribution is -0.142. The number of carbonyl (C=O) groups is 3. The zero-order valence-electron chi connectivity index (χ0n) is 28.0. The van der Waals surface area contributed by atoms with Crippen LogP contribution in [0, 0.1) is 11.3 Å². The molecule has 234 valence electrons. The quantitative estimate of drug-likeness (QED) is 0.311. The average Bonchev–Trinajstić information content (AvgIpc) is 2.90. The van der Waals surface area contributed by atoms with Crippen molar-refractivity contribution >= 4 is 17.7 Å². The van der Waals surface area contributed by atoms with Gasteiger partial charge in [0.05, 0.1) is 12.6 Å². The number of likely N-dealkylation sites (N-methyl/N-ethyl adjacent to an activating group) is 4. The third kappa shape index (κ3) is 10.4. The molecule has 0 bridgehead atoms. The van der Waals surface area contributed by atoms with Gasteiger partial charge in [-0.25, -0.2) is 0 Å². The number of amides is 3. The number of benzene rings is 1. The predicted octanol–water partition coefficient (Wildman–Crippen LogP) is 4.15. The SMILES string of the molecule is CCCCN(CC)C(=O)CN(C)C[C@H](C(C)C)N(C)C(=O)C(NC(=O)[C@@H](NC)C(C)(C)c1ccccc1)C(C)(C)C. The van der Waals surface area contributed by atoms with Gasteiger partial charge in [-0.05, 0) is 44.3 Å². The molecule has 1 unspecified atom stereocenters. The first-order chi connectivity index (χ1) is 19.0. The van der Waals surface area contributed by atoms with Crippen LogP contribution in [0.4, 0.5) is 0 Å². The second-order valence-electron chi connectivity index (χ2n) is 13.4. The minimum Gasteiger partial charge on any atom is -0.342 e. The molecule has 1 aromatic carbocycles. The molecule has 8 nitrogen and oxygen atoms in total. The number of unbranched alkanes of at least 4 members (excludes halogenated alkanes) is 1. The molecular formula is C33H59N5O3. The van der Waals surface area contributed by atoms with Gasteiger partial charge in [0.2, 0.25) is 17.7 Å². The van der Waals surface area contributed by atoms with Crippen molar-refractivity contribution in [3.8, 4) is 0 Å². The van der Waals surface area contributed by atoms with Crippen molar-refractivity contribution in [1.82, 2.24) is 25.3 Å². The molecule has 0 saturated heterocycles. The van der Waals surface area contributed by atoms with Gasteiger partial charge in [0, 0.05) is 38.1 Å². The zero-order chi connectivity index (χ0) is 31.5. The number of nitrogens with zero attached hydrogens (tertiary/aromatic N) is 3. The Morgan fingerprint density at radius 1 is 0.927 bits per heavy atom. The van der Waals surface area contributed by atoms with E-state index in [1.54, 1.807) is 11.9 Å². The number of hydrogen-bond donors (Lipinski definition) is 2. The number of nitrogens with one attached hydrogen (secondary N) is 2. The summed E-state index contributed by atoms with van der Waals surface area (Å²) in [5, 5.41) is 6.32. The van der Waals surface area contributed by atoms with Gasteiger partial charge in [0.15, 0.2) is 0 Å². The number of hydrogen-bond acceptors (Lipinski definition) is 5. The van der Waals surface area contributed by atoms with Gasteiger partial charge < -0.3 is 20.4 Å². The fourth-order valence-corrected chi connectivity index (χ4v) is 5.40. The average molecular weight is 574 g/mol. The van der Waals surface area contributed by atoms with Crippen LogP contribution >= 0.6 is 0 Å². The van der Waals surface area contributed by atoms with Crippen LogP contribution in [-0.2, 0) is 19.8 Å². The molecule has 2 N–H and O–H groups in total. The van der Waals surface area contributed by atoms with Crippen LogP contribution in [0.5, 0.6) is 0 Å². The highest BCUT2D eigenvalue weighted by Crippen LogP contribution is 2.29. The molecule has 0 aliphatic carbocycles. The fourth-order valence-electron chi connectivity index (χ4n) is 5.40. The minimum atomic E-state index is -0.722. The molecule has 1 aromatic rings. The highest BCUT2D eigenvalue weighted by molar-refractivity contribution is 5.91. The summed E-state index contributed by atoms with van der Waals surface area (Å²) in [5.74, 6) is -0.0745. The van der Waals surface area contributed by atoms with Crippen LogP contribution in [0.3, 0.4) is 0 Å². The van der Waals surface area contributed by atoms with Crippen molar-refractivity contribution in [2.75, 3.05) is 47.3 Å². The van der Waals surface area contributed by atoms with E-state index in [1.165, 1.54) is 0 Å². The van der Waals surface area contributed by atoms with Crippen molar-refractivity contribution in [2.24, 2.45) is 11.3 Å². The lowest BCUT2D eigenvalue weighted by atomic mass is 9.76. The van der Waals surface area contributed by atoms with Gasteiger partial charge in [0.1, 0.15) is 6.04 Å². The molecule has 3 atom stereocenters. The van der Waals surface area contributed by atoms with E-state index in [9.17, 15) is 14.4 Å². The van der Waals surface area contributed by atoms with Crippen molar-refractivity contribution in [1.29, 1.82) is 0 Å². The van der Waals surface area contributed by atoms with E-state index in [1.807, 2.05) is 95.8 Å². The zero-order valence-corrected chi connectivity index (χ0v) is 28.0. The summed E-state index contributed by atoms with van der Waals surface area (Å²) >= 11 is 0. The second-order valence-corrected chi connectivity index (χ2v) is 13.4. The number of carbonyl (C=O) groups excluding carboxylic acids is 3. The molecule has 3 amide bonds. The van der Waals surface area contributed by atoms with Crippen LogP contribution in [0.25, 0.3) is 0 Å². The van der Waals surface area contributed by atoms with E-state index in [2.05, 4.69) is 31.4 Å². The minimum absolute atomic E-state index is 0.110. The van der Waals surface area contributed by atoms with Gasteiger partial charge >= 0.3 is 0 Å². The van der Waals surface area contributed by atoms with E-state index in [-0.39, 0.29) is 29.7 Å². The number of rotatable bonds is 16. The maximum absolute atomic E-state index is 14.1. The standard InChI is InChI=1S/C33H59N5O3/c1-13-15-21-38(14-2)27(39)23-36(11)22-26(24(3)4)37(12)31(41)29(32(5,6)7)35-30(40)28(34-10)33(8,9)25-19-17-16-18-20-25/h16-20,24,26,28-29,34H,13-15,21-23H2,1-12H3,(H,35,40)/t26-,28-,29?/m1/s1. The van der Waals surface area contributed by atoms with Crippen molar-refractivity contribution in [3.63, 3.8) is 0 Å². The van der Waals surface area contributed by atoms with Gasteiger partial charge in [-0.1, -0.05) is 92.1 Å². The van der Waals surface area contributed by atoms with Gasteiger partial charge in [-0.15, -0.1) is 0 Å². The summed E-state index contributed by atoms with van der Waals surface area (Å²) in [7, 11) is 5.53. The van der Waals surface area contributed by atoms with E-state index >= 15 is 0 Å². The van der Waals surface area contributed by atoms with Crippen LogP contribution < -0.4 is 10.6 Å². The fraction of sp³-hybridized carbons (Fsp3) is 0.727. The molecule has 0 aliphatic heterocycles. The van der Waals surface area contributed by atoms with E-state index in [4.69, 9.17) is 0 Å². The highest BCUT2D eigenvalue weighted by Gasteiger charge is 2.41. The molecule has 0 saturated carbocycles. The van der Waals surface area contributed by atoms with Crippen molar-refractivity contribution in [3.05, 3.63) is 35.9 Å². The van der Waals surface area contributed by atoms with Crippen LogP contribution in [-0.4, -0.2) is 97.9 Å². The Kier molecular flexibility index (Phi) is 14.5. The van der Waals surface area contributed by atoms with E-state index < -0.39 is 22.9 Å². The maximum Gasteiger partial charge on any atom is 0.245 e. The first-order valence-electron chi connectivity index (χ1n) is 15.3. The van der Waals surface area contributed by atoms with E-state index in [0.29, 0.717) is 19.6 Å². The van der Waals surface area contributed by atoms with Gasteiger partial charge in [-0.3, -0.25) is 19.3 Å². The normalized spacial score (nSPS) is 14.5. The molecule has 0 fully saturated rings. The van der Waals surface area contributed by atoms with Crippen LogP contribution in [0.1, 0.15) is 80.7 Å². The summed E-state index contributed by atoms with van der Waals surface area (Å²) in [6.45, 7) is 20.7. The third-order valence-electron chi connectivity index (χ3n) is 8.22. The Balaban J connectivity index is 3.13. The molecular weight excluding hydrogens is 514 g/mol. The Morgan fingerprint density at radius 3 is 1.98 bits per heavy atom. The van der Waals surface area contributed by atoms with Crippen molar-refractivity contribution < 1.29 is 14.4 Å². The molecule has 1 rings (SSSR count). The van der Waals surface area contributed by atoms with Gasteiger partial charge in [-0.2, -0.15) is 0 Å². The molecule has 0 aliphatic rings. The van der Waals surface area contributed by atoms with E-state index in [0.717, 1.165) is 24.9 Å². The van der Waals surface area contributed by atoms with Gasteiger partial charge in [0.25, 0.3) is 0 Å². The largest absolute Gasteiger partial charge is 0.342 e. The Hall–Kier alpha value is -2.45. The lowest BCUT2D eigenvalue weighted by Gasteiger charge is -2.41. The summed E-state index contributed by atoms with van der Waals surface area (Å²) in [5.41, 5.74) is 0.0241. The molecule has 0 radical (unpaired) electrons. The maximum atomic E-state index is 14.1. The van der Waals surface area contributed by atoms with Crippen LogP contribution in [0.15, 0.2) is 30.3 Å². The third-order valence-corrected chi connectivity index (χ3v) is 8.22. The smallest absolute Gasteiger partial charge is 0.245 e. The topological polar surface area (TPSA) is 85.0 Å². The molecule has 8 heteroatoms. The van der Waals surface area contributed by atoms with Crippen LogP contribution in [0.2, 0.25) is 0 Å². The first kappa shape index (κ1) is 36.6. The Morgan fingerprint density at radius 2 is 1.51 bits per heavy atom. The molecule has 0 heterocycles.